The maximum absolute atomic E-state index is 12.1. The molecular weight excluding hydrogens is 456 g/mol. The van der Waals surface area contributed by atoms with E-state index in [0.29, 0.717) is 0 Å². The van der Waals surface area contributed by atoms with E-state index < -0.39 is 67.2 Å². The van der Waals surface area contributed by atoms with Crippen molar-refractivity contribution >= 4 is 29.8 Å². The average molecular weight is 482 g/mol. The molecule has 1 saturated heterocycles. The first-order chi connectivity index (χ1) is 16.0. The van der Waals surface area contributed by atoms with Gasteiger partial charge < -0.3 is 33.2 Å². The molecule has 1 fully saturated rings. The molecule has 5 atom stereocenters. The van der Waals surface area contributed by atoms with Gasteiger partial charge in [0, 0.05) is 27.7 Å². The van der Waals surface area contributed by atoms with Gasteiger partial charge in [-0.05, 0) is 12.1 Å². The number of ether oxygens (including phenoxy) is 7. The van der Waals surface area contributed by atoms with Gasteiger partial charge in [-0.15, -0.1) is 0 Å². The zero-order chi connectivity index (χ0) is 25.4. The van der Waals surface area contributed by atoms with Crippen molar-refractivity contribution in [1.82, 2.24) is 0 Å². The summed E-state index contributed by atoms with van der Waals surface area (Å²) in [5.74, 6) is -3.65. The topological polar surface area (TPSA) is 150 Å². The van der Waals surface area contributed by atoms with E-state index in [1.165, 1.54) is 19.2 Å². The molecule has 12 heteroatoms. The highest BCUT2D eigenvalue weighted by molar-refractivity contribution is 5.92. The van der Waals surface area contributed by atoms with Crippen molar-refractivity contribution in [3.8, 4) is 5.75 Å². The van der Waals surface area contributed by atoms with Gasteiger partial charge in [0.1, 0.15) is 24.0 Å². The predicted octanol–water partition coefficient (Wildman–Crippen LogP) is 0.935. The molecule has 0 spiro atoms. The Balaban J connectivity index is 2.52. The van der Waals surface area contributed by atoms with E-state index in [4.69, 9.17) is 33.2 Å². The largest absolute Gasteiger partial charge is 0.465 e. The van der Waals surface area contributed by atoms with Crippen LogP contribution in [0, 0.1) is 0 Å². The lowest BCUT2D eigenvalue weighted by atomic mass is 9.98. The van der Waals surface area contributed by atoms with Crippen molar-refractivity contribution < 1.29 is 57.1 Å². The van der Waals surface area contributed by atoms with E-state index in [9.17, 15) is 24.0 Å². The molecule has 12 nitrogen and oxygen atoms in total. The summed E-state index contributed by atoms with van der Waals surface area (Å²) in [6.45, 7) is 4.08. The molecule has 1 heterocycles. The van der Waals surface area contributed by atoms with Gasteiger partial charge in [-0.3, -0.25) is 19.2 Å². The second-order valence-corrected chi connectivity index (χ2v) is 7.17. The van der Waals surface area contributed by atoms with E-state index in [2.05, 4.69) is 0 Å². The van der Waals surface area contributed by atoms with Crippen LogP contribution < -0.4 is 4.74 Å². The van der Waals surface area contributed by atoms with Gasteiger partial charge in [0.05, 0.1) is 7.11 Å². The Morgan fingerprint density at radius 1 is 0.794 bits per heavy atom. The maximum Gasteiger partial charge on any atom is 0.341 e. The van der Waals surface area contributed by atoms with Gasteiger partial charge in [0.15, 0.2) is 12.2 Å². The summed E-state index contributed by atoms with van der Waals surface area (Å²) in [5.41, 5.74) is 0.0397. The quantitative estimate of drug-likeness (QED) is 0.383. The third kappa shape index (κ3) is 7.17. The summed E-state index contributed by atoms with van der Waals surface area (Å²) in [6.07, 6.45) is -6.79. The van der Waals surface area contributed by atoms with Crippen molar-refractivity contribution in [2.24, 2.45) is 0 Å². The molecule has 1 aliphatic heterocycles. The van der Waals surface area contributed by atoms with Crippen molar-refractivity contribution in [3.63, 3.8) is 0 Å². The van der Waals surface area contributed by atoms with Crippen LogP contribution in [0.1, 0.15) is 38.1 Å². The van der Waals surface area contributed by atoms with Crippen LogP contribution >= 0.6 is 0 Å². The van der Waals surface area contributed by atoms with E-state index in [1.807, 2.05) is 0 Å². The van der Waals surface area contributed by atoms with E-state index in [0.717, 1.165) is 27.7 Å². The minimum Gasteiger partial charge on any atom is -0.465 e. The van der Waals surface area contributed by atoms with Gasteiger partial charge in [-0.1, -0.05) is 12.1 Å². The second kappa shape index (κ2) is 12.0. The second-order valence-electron chi connectivity index (χ2n) is 7.17. The Morgan fingerprint density at radius 3 is 1.91 bits per heavy atom. The lowest BCUT2D eigenvalue weighted by Crippen LogP contribution is -2.63. The lowest BCUT2D eigenvalue weighted by molar-refractivity contribution is -0.288. The van der Waals surface area contributed by atoms with Gasteiger partial charge >= 0.3 is 29.8 Å². The molecule has 1 aromatic rings. The van der Waals surface area contributed by atoms with Gasteiger partial charge in [-0.2, -0.15) is 0 Å². The highest BCUT2D eigenvalue weighted by Crippen LogP contribution is 2.32. The monoisotopic (exact) mass is 482 g/mol. The normalized spacial score (nSPS) is 23.7. The summed E-state index contributed by atoms with van der Waals surface area (Å²) in [7, 11) is 1.19. The Bertz CT molecular complexity index is 926. The number of esters is 5. The number of hydrogen-bond donors (Lipinski definition) is 0. The zero-order valence-corrected chi connectivity index (χ0v) is 19.3. The number of benzene rings is 1. The highest BCUT2D eigenvalue weighted by Gasteiger charge is 2.53. The molecule has 0 N–H and O–H groups in total. The van der Waals surface area contributed by atoms with Crippen LogP contribution in [0.4, 0.5) is 0 Å². The Hall–Kier alpha value is -3.67. The number of methoxy groups -OCH3 is 1. The van der Waals surface area contributed by atoms with Crippen LogP contribution in [0.3, 0.4) is 0 Å². The maximum atomic E-state index is 12.1. The number of para-hydroxylation sites is 1. The number of hydrogen-bond acceptors (Lipinski definition) is 12. The minimum absolute atomic E-state index is 0.00949. The smallest absolute Gasteiger partial charge is 0.341 e. The van der Waals surface area contributed by atoms with E-state index in [-0.39, 0.29) is 11.3 Å². The van der Waals surface area contributed by atoms with Crippen LogP contribution in [-0.2, 0) is 47.6 Å². The standard InChI is InChI=1S/C22H26O12/c1-11(23)29-10-17-18(30-12(2)24)19(31-13(3)25)20(32-14(4)26)22(34-17)33-16-9-7-6-8-15(16)21(27)28-5/h6-9,17-20,22H,10H2,1-5H3/t17-,18-,19+,20-,22-/m0/s1. The fourth-order valence-electron chi connectivity index (χ4n) is 3.26. The molecule has 1 aromatic carbocycles. The van der Waals surface area contributed by atoms with Crippen LogP contribution in [0.25, 0.3) is 0 Å². The van der Waals surface area contributed by atoms with Gasteiger partial charge in [0.2, 0.25) is 12.4 Å². The first-order valence-electron chi connectivity index (χ1n) is 10.2. The van der Waals surface area contributed by atoms with Crippen molar-refractivity contribution in [2.75, 3.05) is 13.7 Å². The Morgan fingerprint density at radius 2 is 1.35 bits per heavy atom. The molecule has 186 valence electrons. The molecule has 0 saturated carbocycles. The van der Waals surface area contributed by atoms with E-state index >= 15 is 0 Å². The fourth-order valence-corrected chi connectivity index (χ4v) is 3.26. The van der Waals surface area contributed by atoms with Gasteiger partial charge in [0.25, 0.3) is 0 Å². The molecule has 0 amide bonds. The van der Waals surface area contributed by atoms with Crippen molar-refractivity contribution in [2.45, 2.75) is 58.4 Å². The first-order valence-corrected chi connectivity index (χ1v) is 10.2. The lowest BCUT2D eigenvalue weighted by Gasteiger charge is -2.44. The summed E-state index contributed by atoms with van der Waals surface area (Å²) in [5, 5.41) is 0. The third-order valence-electron chi connectivity index (χ3n) is 4.48. The van der Waals surface area contributed by atoms with Crippen molar-refractivity contribution in [1.29, 1.82) is 0 Å². The van der Waals surface area contributed by atoms with E-state index in [1.54, 1.807) is 12.1 Å². The molecule has 34 heavy (non-hydrogen) atoms. The number of rotatable bonds is 8. The molecule has 0 unspecified atom stereocenters. The molecule has 1 aliphatic rings. The molecule has 0 aromatic heterocycles. The van der Waals surface area contributed by atoms with Crippen LogP contribution in [-0.4, -0.2) is 74.3 Å². The Kier molecular flexibility index (Phi) is 9.36. The summed E-state index contributed by atoms with van der Waals surface area (Å²) in [4.78, 5) is 59.0. The fraction of sp³-hybridized carbons (Fsp3) is 0.500. The predicted molar refractivity (Wildman–Crippen MR) is 110 cm³/mol. The minimum atomic E-state index is -1.47. The summed E-state index contributed by atoms with van der Waals surface area (Å²) >= 11 is 0. The van der Waals surface area contributed by atoms with Crippen LogP contribution in [0.15, 0.2) is 24.3 Å². The first kappa shape index (κ1) is 26.6. The number of carbonyl (C=O) groups is 5. The SMILES string of the molecule is COC(=O)c1ccccc1O[C@H]1O[C@@H](COC(C)=O)[C@H](OC(C)=O)[C@@H](OC(C)=O)[C@@H]1OC(C)=O. The third-order valence-corrected chi connectivity index (χ3v) is 4.48. The Labute approximate surface area is 195 Å². The highest BCUT2D eigenvalue weighted by atomic mass is 16.7. The van der Waals surface area contributed by atoms with Crippen molar-refractivity contribution in [3.05, 3.63) is 29.8 Å². The summed E-state index contributed by atoms with van der Waals surface area (Å²) < 4.78 is 37.4. The number of carbonyl (C=O) groups excluding carboxylic acids is 5. The van der Waals surface area contributed by atoms with Crippen LogP contribution in [0.2, 0.25) is 0 Å². The molecular formula is C22H26O12. The molecule has 0 bridgehead atoms. The molecule has 2 rings (SSSR count). The zero-order valence-electron chi connectivity index (χ0n) is 19.3. The molecule has 0 radical (unpaired) electrons. The average Bonchev–Trinajstić information content (AvgIpc) is 2.75. The van der Waals surface area contributed by atoms with Crippen LogP contribution in [0.5, 0.6) is 5.75 Å². The molecule has 0 aliphatic carbocycles. The summed E-state index contributed by atoms with van der Waals surface area (Å²) in [6, 6.07) is 6.03. The van der Waals surface area contributed by atoms with Gasteiger partial charge in [-0.25, -0.2) is 4.79 Å².